The highest BCUT2D eigenvalue weighted by molar-refractivity contribution is 6.42. The smallest absolute Gasteiger partial charge is 0.414 e. The second-order valence-corrected chi connectivity index (χ2v) is 12.7. The highest BCUT2D eigenvalue weighted by atomic mass is 35.5. The van der Waals surface area contributed by atoms with Gasteiger partial charge in [0.05, 0.1) is 29.3 Å². The number of rotatable bonds is 11. The number of halogens is 2. The number of ether oxygens (including phenoxy) is 2. The number of hydrogen-bond acceptors (Lipinski definition) is 7. The predicted octanol–water partition coefficient (Wildman–Crippen LogP) is 5.03. The molecule has 0 aliphatic carbocycles. The van der Waals surface area contributed by atoms with E-state index in [1.54, 1.807) is 18.2 Å². The van der Waals surface area contributed by atoms with Crippen molar-refractivity contribution in [2.75, 3.05) is 45.9 Å². The minimum Gasteiger partial charge on any atom is -0.446 e. The number of amides is 2. The highest BCUT2D eigenvalue weighted by Crippen LogP contribution is 2.28. The van der Waals surface area contributed by atoms with Crippen LogP contribution in [-0.4, -0.2) is 91.9 Å². The Bertz CT molecular complexity index is 1140. The van der Waals surface area contributed by atoms with Gasteiger partial charge in [-0.2, -0.15) is 5.26 Å². The fraction of sp³-hybridized carbons (Fsp3) is 0.677. The zero-order valence-electron chi connectivity index (χ0n) is 25.8. The van der Waals surface area contributed by atoms with Crippen molar-refractivity contribution in [2.24, 2.45) is 10.4 Å². The van der Waals surface area contributed by atoms with E-state index in [1.165, 1.54) is 0 Å². The van der Waals surface area contributed by atoms with Gasteiger partial charge in [0, 0.05) is 32.6 Å². The number of nitrogens with zero attached hydrogens (tertiary/aromatic N) is 4. The maximum Gasteiger partial charge on any atom is 0.414 e. The number of morpholine rings is 1. The maximum absolute atomic E-state index is 13.7. The van der Waals surface area contributed by atoms with Crippen LogP contribution in [0.5, 0.6) is 0 Å². The lowest BCUT2D eigenvalue weighted by Gasteiger charge is -2.33. The molecule has 1 aromatic rings. The van der Waals surface area contributed by atoms with Crippen LogP contribution in [0.2, 0.25) is 10.0 Å². The van der Waals surface area contributed by atoms with E-state index in [2.05, 4.69) is 49.3 Å². The molecule has 2 N–H and O–H groups in total. The second-order valence-electron chi connectivity index (χ2n) is 11.9. The third-order valence-corrected chi connectivity index (χ3v) is 9.05. The molecule has 238 valence electrons. The third kappa shape index (κ3) is 11.5. The fourth-order valence-electron chi connectivity index (χ4n) is 4.99. The van der Waals surface area contributed by atoms with Gasteiger partial charge >= 0.3 is 6.09 Å². The van der Waals surface area contributed by atoms with Crippen molar-refractivity contribution in [1.82, 2.24) is 20.4 Å². The Labute approximate surface area is 266 Å². The van der Waals surface area contributed by atoms with Crippen LogP contribution in [0.25, 0.3) is 0 Å². The van der Waals surface area contributed by atoms with E-state index in [9.17, 15) is 14.9 Å². The zero-order valence-corrected chi connectivity index (χ0v) is 27.3. The first-order valence-electron chi connectivity index (χ1n) is 15.3. The minimum absolute atomic E-state index is 0.0123. The zero-order chi connectivity index (χ0) is 31.4. The summed E-state index contributed by atoms with van der Waals surface area (Å²) in [5.41, 5.74) is 0.762. The molecular weight excluding hydrogens is 591 g/mol. The van der Waals surface area contributed by atoms with Gasteiger partial charge in [-0.1, -0.05) is 63.4 Å². The number of nitrogens with one attached hydrogen (secondary N) is 2. The van der Waals surface area contributed by atoms with E-state index in [4.69, 9.17) is 37.7 Å². The van der Waals surface area contributed by atoms with E-state index in [1.807, 2.05) is 4.90 Å². The van der Waals surface area contributed by atoms with Crippen molar-refractivity contribution in [1.29, 1.82) is 5.26 Å². The van der Waals surface area contributed by atoms with Crippen molar-refractivity contribution in [3.8, 4) is 6.07 Å². The number of alkyl carbamates (subject to hydrolysis) is 1. The molecule has 2 aliphatic rings. The quantitative estimate of drug-likeness (QED) is 0.258. The molecule has 12 heteroatoms. The average molecular weight is 638 g/mol. The molecule has 1 aromatic carbocycles. The molecule has 2 unspecified atom stereocenters. The van der Waals surface area contributed by atoms with E-state index < -0.39 is 18.2 Å². The van der Waals surface area contributed by atoms with E-state index in [-0.39, 0.29) is 29.8 Å². The summed E-state index contributed by atoms with van der Waals surface area (Å²) in [5.74, 6) is -0.0990. The van der Waals surface area contributed by atoms with Crippen LogP contribution in [-0.2, 0) is 20.7 Å². The summed E-state index contributed by atoms with van der Waals surface area (Å²) in [6, 6.07) is 5.68. The molecule has 2 fully saturated rings. The Hall–Kier alpha value is -2.58. The second kappa shape index (κ2) is 17.0. The molecule has 3 rings (SSSR count). The van der Waals surface area contributed by atoms with Gasteiger partial charge in [0.25, 0.3) is 0 Å². The van der Waals surface area contributed by atoms with Gasteiger partial charge in [-0.25, -0.2) is 9.79 Å². The van der Waals surface area contributed by atoms with E-state index in [0.717, 1.165) is 50.9 Å². The first-order valence-corrected chi connectivity index (χ1v) is 16.0. The van der Waals surface area contributed by atoms with Crippen molar-refractivity contribution in [2.45, 2.75) is 84.4 Å². The molecule has 0 spiro atoms. The summed E-state index contributed by atoms with van der Waals surface area (Å²) in [4.78, 5) is 35.8. The number of aliphatic imine (C=N–C) groups is 1. The van der Waals surface area contributed by atoms with Crippen LogP contribution in [0.3, 0.4) is 0 Å². The van der Waals surface area contributed by atoms with Crippen LogP contribution in [0.1, 0.15) is 65.4 Å². The fourth-order valence-corrected chi connectivity index (χ4v) is 5.31. The summed E-state index contributed by atoms with van der Waals surface area (Å²) in [7, 11) is 0. The molecule has 2 amide bonds. The third-order valence-electron chi connectivity index (χ3n) is 8.31. The Morgan fingerprint density at radius 3 is 2.47 bits per heavy atom. The summed E-state index contributed by atoms with van der Waals surface area (Å²) < 4.78 is 11.3. The van der Waals surface area contributed by atoms with Gasteiger partial charge in [0.2, 0.25) is 11.9 Å². The van der Waals surface area contributed by atoms with Gasteiger partial charge < -0.3 is 24.6 Å². The van der Waals surface area contributed by atoms with Crippen molar-refractivity contribution >= 4 is 41.2 Å². The van der Waals surface area contributed by atoms with E-state index >= 15 is 0 Å². The number of guanidine groups is 1. The van der Waals surface area contributed by atoms with Crippen LogP contribution in [0.4, 0.5) is 4.79 Å². The Kier molecular flexibility index (Phi) is 13.8. The topological polar surface area (TPSA) is 119 Å². The number of piperidine rings is 1. The number of hydrogen-bond donors (Lipinski definition) is 2. The molecule has 2 aliphatic heterocycles. The molecule has 2 heterocycles. The number of carbonyl (C=O) groups is 2. The van der Waals surface area contributed by atoms with Crippen LogP contribution in [0.15, 0.2) is 23.2 Å². The lowest BCUT2D eigenvalue weighted by Crippen LogP contribution is -2.51. The molecular formula is C31H46Cl2N6O4. The van der Waals surface area contributed by atoms with Gasteiger partial charge in [0.15, 0.2) is 0 Å². The SMILES string of the molecule is CCN1CCC(OC(=O)NC(=NC(CCC(C)(C)CC)C(=O)NC(C#N)Cc2ccc(Cl)c(Cl)c2)N2CCOCC2)CC1. The molecule has 2 atom stereocenters. The standard InChI is InChI=1S/C31H46Cl2N6O4/c1-5-31(3,4)12-9-27(28(40)35-23(21-34)19-22-7-8-25(32)26(33)20-22)36-29(39-15-17-42-18-16-39)37-30(41)43-24-10-13-38(6-2)14-11-24/h7-8,20,23-24,27H,5-6,9-19H2,1-4H3,(H,35,40)(H,36,37,41). The summed E-state index contributed by atoms with van der Waals surface area (Å²) >= 11 is 12.2. The Balaban J connectivity index is 1.80. The number of nitriles is 1. The molecule has 0 saturated carbocycles. The monoisotopic (exact) mass is 636 g/mol. The minimum atomic E-state index is -0.832. The maximum atomic E-state index is 13.7. The lowest BCUT2D eigenvalue weighted by molar-refractivity contribution is -0.122. The number of carbonyl (C=O) groups excluding carboxylic acids is 2. The summed E-state index contributed by atoms with van der Waals surface area (Å²) in [5, 5.41) is 16.4. The number of benzene rings is 1. The van der Waals surface area contributed by atoms with Crippen molar-refractivity contribution in [3.05, 3.63) is 33.8 Å². The first-order chi connectivity index (χ1) is 20.5. The molecule has 43 heavy (non-hydrogen) atoms. The molecule has 0 bridgehead atoms. The molecule has 0 aromatic heterocycles. The van der Waals surface area contributed by atoms with Gasteiger partial charge in [0.1, 0.15) is 18.2 Å². The normalized spacial score (nSPS) is 18.4. The lowest BCUT2D eigenvalue weighted by atomic mass is 9.84. The molecule has 2 saturated heterocycles. The summed E-state index contributed by atoms with van der Waals surface area (Å²) in [6.07, 6.45) is 3.16. The van der Waals surface area contributed by atoms with Crippen LogP contribution >= 0.6 is 23.2 Å². The van der Waals surface area contributed by atoms with Crippen LogP contribution in [0, 0.1) is 16.7 Å². The van der Waals surface area contributed by atoms with Gasteiger partial charge in [-0.05, 0) is 55.3 Å². The Morgan fingerprint density at radius 2 is 1.86 bits per heavy atom. The predicted molar refractivity (Wildman–Crippen MR) is 169 cm³/mol. The molecule has 10 nitrogen and oxygen atoms in total. The largest absolute Gasteiger partial charge is 0.446 e. The van der Waals surface area contributed by atoms with E-state index in [0.29, 0.717) is 42.8 Å². The van der Waals surface area contributed by atoms with Gasteiger partial charge in [-0.3, -0.25) is 10.1 Å². The summed E-state index contributed by atoms with van der Waals surface area (Å²) in [6.45, 7) is 13.3. The first kappa shape index (κ1) is 34.9. The van der Waals surface area contributed by atoms with Crippen molar-refractivity contribution < 1.29 is 19.1 Å². The van der Waals surface area contributed by atoms with Crippen molar-refractivity contribution in [3.63, 3.8) is 0 Å². The van der Waals surface area contributed by atoms with Gasteiger partial charge in [-0.15, -0.1) is 0 Å². The molecule has 0 radical (unpaired) electrons. The number of likely N-dealkylation sites (tertiary alicyclic amines) is 1. The highest BCUT2D eigenvalue weighted by Gasteiger charge is 2.29. The Morgan fingerprint density at radius 1 is 1.16 bits per heavy atom. The average Bonchev–Trinajstić information content (AvgIpc) is 3.00. The van der Waals surface area contributed by atoms with Crippen LogP contribution < -0.4 is 10.6 Å².